The molecule has 1 aromatic heterocycles. The van der Waals surface area contributed by atoms with Crippen LogP contribution in [-0.4, -0.2) is 4.98 Å². The molecule has 1 aromatic rings. The highest BCUT2D eigenvalue weighted by Crippen LogP contribution is 2.16. The molecule has 0 fully saturated rings. The second kappa shape index (κ2) is 3.49. The third-order valence-electron chi connectivity index (χ3n) is 1.62. The van der Waals surface area contributed by atoms with E-state index >= 15 is 0 Å². The minimum absolute atomic E-state index is 0.222. The lowest BCUT2D eigenvalue weighted by Crippen LogP contribution is -2.10. The second-order valence-corrected chi connectivity index (χ2v) is 2.87. The number of hydrogen-bond donors (Lipinski definition) is 2. The van der Waals surface area contributed by atoms with E-state index in [9.17, 15) is 4.39 Å². The topological polar surface area (TPSA) is 50.9 Å². The van der Waals surface area contributed by atoms with Crippen LogP contribution in [0.5, 0.6) is 0 Å². The van der Waals surface area contributed by atoms with Crippen LogP contribution in [0.25, 0.3) is 0 Å². The number of nitrogens with zero attached hydrogens (tertiary/aromatic N) is 1. The largest absolute Gasteiger partial charge is 0.320 e. The maximum absolute atomic E-state index is 13.0. The Morgan fingerprint density at radius 3 is 2.58 bits per heavy atom. The van der Waals surface area contributed by atoms with Crippen LogP contribution in [0.15, 0.2) is 12.1 Å². The van der Waals surface area contributed by atoms with Crippen molar-refractivity contribution in [1.29, 1.82) is 0 Å². The molecule has 0 spiro atoms. The van der Waals surface area contributed by atoms with Crippen LogP contribution < -0.4 is 11.3 Å². The first kappa shape index (κ1) is 8.93. The molecule has 0 aliphatic heterocycles. The van der Waals surface area contributed by atoms with E-state index in [1.807, 2.05) is 13.8 Å². The van der Waals surface area contributed by atoms with Gasteiger partial charge in [-0.2, -0.15) is 4.39 Å². The van der Waals surface area contributed by atoms with Crippen LogP contribution in [0.2, 0.25) is 0 Å². The first-order valence-electron chi connectivity index (χ1n) is 3.78. The molecule has 66 valence electrons. The SMILES string of the molecule is CC(C)c1ccc(NN)c(F)n1. The van der Waals surface area contributed by atoms with Crippen molar-refractivity contribution in [3.63, 3.8) is 0 Å². The van der Waals surface area contributed by atoms with Gasteiger partial charge in [0.25, 0.3) is 0 Å². The van der Waals surface area contributed by atoms with E-state index in [4.69, 9.17) is 5.84 Å². The van der Waals surface area contributed by atoms with Crippen molar-refractivity contribution >= 4 is 5.69 Å². The molecule has 0 radical (unpaired) electrons. The van der Waals surface area contributed by atoms with Crippen LogP contribution in [0, 0.1) is 5.95 Å². The third-order valence-corrected chi connectivity index (χ3v) is 1.62. The fourth-order valence-corrected chi connectivity index (χ4v) is 0.878. The summed E-state index contributed by atoms with van der Waals surface area (Å²) >= 11 is 0. The molecule has 0 aliphatic carbocycles. The average molecular weight is 169 g/mol. The molecule has 3 N–H and O–H groups in total. The number of pyridine rings is 1. The van der Waals surface area contributed by atoms with Crippen LogP contribution in [-0.2, 0) is 0 Å². The summed E-state index contributed by atoms with van der Waals surface area (Å²) in [5.41, 5.74) is 3.17. The fraction of sp³-hybridized carbons (Fsp3) is 0.375. The van der Waals surface area contributed by atoms with E-state index in [1.54, 1.807) is 12.1 Å². The molecule has 0 aromatic carbocycles. The van der Waals surface area contributed by atoms with Gasteiger partial charge < -0.3 is 5.43 Å². The fourth-order valence-electron chi connectivity index (χ4n) is 0.878. The zero-order chi connectivity index (χ0) is 9.14. The quantitative estimate of drug-likeness (QED) is 0.402. The van der Waals surface area contributed by atoms with Crippen LogP contribution >= 0.6 is 0 Å². The number of hydrazine groups is 1. The summed E-state index contributed by atoms with van der Waals surface area (Å²) in [6.45, 7) is 3.91. The first-order valence-corrected chi connectivity index (χ1v) is 3.78. The van der Waals surface area contributed by atoms with Gasteiger partial charge in [0.2, 0.25) is 5.95 Å². The highest BCUT2D eigenvalue weighted by molar-refractivity contribution is 5.41. The van der Waals surface area contributed by atoms with Crippen LogP contribution in [0.4, 0.5) is 10.1 Å². The number of nitrogens with one attached hydrogen (secondary N) is 1. The van der Waals surface area contributed by atoms with E-state index in [2.05, 4.69) is 10.4 Å². The molecule has 12 heavy (non-hydrogen) atoms. The highest BCUT2D eigenvalue weighted by Gasteiger charge is 2.05. The molecule has 0 aliphatic rings. The van der Waals surface area contributed by atoms with Crippen LogP contribution in [0.3, 0.4) is 0 Å². The van der Waals surface area contributed by atoms with Crippen molar-refractivity contribution in [3.05, 3.63) is 23.8 Å². The van der Waals surface area contributed by atoms with Crippen molar-refractivity contribution in [3.8, 4) is 0 Å². The zero-order valence-corrected chi connectivity index (χ0v) is 7.13. The molecule has 0 amide bonds. The lowest BCUT2D eigenvalue weighted by Gasteiger charge is -2.06. The molecule has 0 unspecified atom stereocenters. The Bertz CT molecular complexity index is 273. The average Bonchev–Trinajstić information content (AvgIpc) is 2.04. The van der Waals surface area contributed by atoms with Gasteiger partial charge in [-0.3, -0.25) is 5.84 Å². The molecule has 0 atom stereocenters. The number of anilines is 1. The van der Waals surface area contributed by atoms with Crippen molar-refractivity contribution in [2.75, 3.05) is 5.43 Å². The van der Waals surface area contributed by atoms with E-state index in [1.165, 1.54) is 0 Å². The molecule has 0 saturated carbocycles. The van der Waals surface area contributed by atoms with Crippen LogP contribution in [0.1, 0.15) is 25.5 Å². The molecule has 1 heterocycles. The summed E-state index contributed by atoms with van der Waals surface area (Å²) < 4.78 is 13.0. The van der Waals surface area contributed by atoms with E-state index in [-0.39, 0.29) is 11.6 Å². The molecule has 3 nitrogen and oxygen atoms in total. The molecule has 4 heteroatoms. The summed E-state index contributed by atoms with van der Waals surface area (Å²) in [5, 5.41) is 0. The smallest absolute Gasteiger partial charge is 0.237 e. The van der Waals surface area contributed by atoms with Crippen molar-refractivity contribution in [2.24, 2.45) is 5.84 Å². The minimum atomic E-state index is -0.552. The summed E-state index contributed by atoms with van der Waals surface area (Å²) in [6.07, 6.45) is 0. The van der Waals surface area contributed by atoms with Gasteiger partial charge in [-0.25, -0.2) is 4.98 Å². The van der Waals surface area contributed by atoms with Crippen molar-refractivity contribution < 1.29 is 4.39 Å². The van der Waals surface area contributed by atoms with E-state index < -0.39 is 5.95 Å². The molecule has 0 saturated heterocycles. The maximum atomic E-state index is 13.0. The van der Waals surface area contributed by atoms with E-state index in [0.29, 0.717) is 0 Å². The maximum Gasteiger partial charge on any atom is 0.237 e. The third kappa shape index (κ3) is 1.71. The van der Waals surface area contributed by atoms with Crippen molar-refractivity contribution in [1.82, 2.24) is 4.98 Å². The first-order chi connectivity index (χ1) is 5.65. The van der Waals surface area contributed by atoms with Gasteiger partial charge >= 0.3 is 0 Å². The van der Waals surface area contributed by atoms with Gasteiger partial charge in [-0.05, 0) is 18.1 Å². The zero-order valence-electron chi connectivity index (χ0n) is 7.13. The van der Waals surface area contributed by atoms with E-state index in [0.717, 1.165) is 5.69 Å². The van der Waals surface area contributed by atoms with Gasteiger partial charge in [0.1, 0.15) is 5.69 Å². The summed E-state index contributed by atoms with van der Waals surface area (Å²) in [5.74, 6) is 4.72. The Kier molecular flexibility index (Phi) is 2.60. The lowest BCUT2D eigenvalue weighted by molar-refractivity contribution is 0.575. The Labute approximate surface area is 70.8 Å². The normalized spacial score (nSPS) is 10.4. The second-order valence-electron chi connectivity index (χ2n) is 2.87. The Balaban J connectivity index is 3.02. The predicted octanol–water partition coefficient (Wildman–Crippen LogP) is 1.63. The van der Waals surface area contributed by atoms with Gasteiger partial charge in [0, 0.05) is 5.69 Å². The summed E-state index contributed by atoms with van der Waals surface area (Å²) in [7, 11) is 0. The number of aromatic nitrogens is 1. The number of halogens is 1. The minimum Gasteiger partial charge on any atom is -0.320 e. The van der Waals surface area contributed by atoms with Gasteiger partial charge in [-0.15, -0.1) is 0 Å². The van der Waals surface area contributed by atoms with Gasteiger partial charge in [-0.1, -0.05) is 13.8 Å². The molecule has 1 rings (SSSR count). The lowest BCUT2D eigenvalue weighted by atomic mass is 10.1. The highest BCUT2D eigenvalue weighted by atomic mass is 19.1. The summed E-state index contributed by atoms with van der Waals surface area (Å²) in [6, 6.07) is 3.33. The molecular weight excluding hydrogens is 157 g/mol. The van der Waals surface area contributed by atoms with Crippen molar-refractivity contribution in [2.45, 2.75) is 19.8 Å². The predicted molar refractivity (Wildman–Crippen MR) is 46.1 cm³/mol. The Morgan fingerprint density at radius 1 is 1.50 bits per heavy atom. The standard InChI is InChI=1S/C8H12FN3/c1-5(2)6-3-4-7(12-10)8(9)11-6/h3-5,12H,10H2,1-2H3. The summed E-state index contributed by atoms with van der Waals surface area (Å²) in [4.78, 5) is 3.73. The van der Waals surface area contributed by atoms with Gasteiger partial charge in [0.05, 0.1) is 0 Å². The number of nitrogen functional groups attached to an aromatic ring is 1. The molecule has 0 bridgehead atoms. The Morgan fingerprint density at radius 2 is 2.17 bits per heavy atom. The monoisotopic (exact) mass is 169 g/mol. The Hall–Kier alpha value is -1.16. The van der Waals surface area contributed by atoms with Gasteiger partial charge in [0.15, 0.2) is 0 Å². The number of nitrogens with two attached hydrogens (primary N) is 1. The number of hydrogen-bond acceptors (Lipinski definition) is 3. The number of rotatable bonds is 2. The molecular formula is C8H12FN3.